The predicted octanol–water partition coefficient (Wildman–Crippen LogP) is 2.32. The molecule has 106 valence electrons. The van der Waals surface area contributed by atoms with Gasteiger partial charge in [0.25, 0.3) is 10.0 Å². The van der Waals surface area contributed by atoms with Crippen LogP contribution >= 0.6 is 11.3 Å². The quantitative estimate of drug-likeness (QED) is 0.911. The number of benzene rings is 1. The van der Waals surface area contributed by atoms with Crippen molar-refractivity contribution in [2.45, 2.75) is 4.21 Å². The van der Waals surface area contributed by atoms with Crippen LogP contribution in [-0.2, 0) is 10.0 Å². The lowest BCUT2D eigenvalue weighted by molar-refractivity contribution is 0.368. The predicted molar refractivity (Wildman–Crippen MR) is 77.4 cm³/mol. The topological polar surface area (TPSA) is 103 Å². The van der Waals surface area contributed by atoms with E-state index in [9.17, 15) is 8.42 Å². The summed E-state index contributed by atoms with van der Waals surface area (Å²) in [4.78, 5) is 0.329. The summed E-state index contributed by atoms with van der Waals surface area (Å²) in [5.41, 5.74) is 0.367. The maximum absolute atomic E-state index is 12.1. The summed E-state index contributed by atoms with van der Waals surface area (Å²) in [7, 11) is -3.71. The molecule has 2 aromatic rings. The van der Waals surface area contributed by atoms with Crippen molar-refractivity contribution >= 4 is 27.0 Å². The zero-order valence-electron chi connectivity index (χ0n) is 10.6. The van der Waals surface area contributed by atoms with Crippen LogP contribution in [0.25, 0.3) is 0 Å². The fourth-order valence-electron chi connectivity index (χ4n) is 1.46. The van der Waals surface area contributed by atoms with E-state index in [0.717, 1.165) is 11.3 Å². The number of ether oxygens (including phenoxy) is 1. The molecule has 0 amide bonds. The standard InChI is InChI=1S/C13H9N3O3S2/c14-7-8-19-11-3-1-10(2-4-11)16-21(17,18)13-6-5-12(9-15)20-13/h1-6,16H,8H2. The molecule has 0 bridgehead atoms. The number of thiophene rings is 1. The van der Waals surface area contributed by atoms with Crippen LogP contribution in [0.2, 0.25) is 0 Å². The lowest BCUT2D eigenvalue weighted by Crippen LogP contribution is -2.11. The molecule has 6 nitrogen and oxygen atoms in total. The summed E-state index contributed by atoms with van der Waals surface area (Å²) >= 11 is 0.901. The van der Waals surface area contributed by atoms with Gasteiger partial charge in [-0.1, -0.05) is 0 Å². The summed E-state index contributed by atoms with van der Waals surface area (Å²) in [6, 6.07) is 12.8. The number of rotatable bonds is 5. The van der Waals surface area contributed by atoms with E-state index in [4.69, 9.17) is 15.3 Å². The van der Waals surface area contributed by atoms with Gasteiger partial charge in [0.1, 0.15) is 27.0 Å². The fourth-order valence-corrected chi connectivity index (χ4v) is 3.63. The lowest BCUT2D eigenvalue weighted by Gasteiger charge is -2.07. The number of nitrogens with zero attached hydrogens (tertiary/aromatic N) is 2. The van der Waals surface area contributed by atoms with Crippen molar-refractivity contribution in [1.29, 1.82) is 10.5 Å². The van der Waals surface area contributed by atoms with Gasteiger partial charge in [-0.25, -0.2) is 8.42 Å². The molecule has 1 aromatic heterocycles. The Morgan fingerprint density at radius 2 is 1.86 bits per heavy atom. The highest BCUT2D eigenvalue weighted by molar-refractivity contribution is 7.94. The molecule has 0 aliphatic carbocycles. The summed E-state index contributed by atoms with van der Waals surface area (Å²) < 4.78 is 31.8. The van der Waals surface area contributed by atoms with Gasteiger partial charge < -0.3 is 4.74 Å². The second-order valence-electron chi connectivity index (χ2n) is 3.81. The normalized spacial score (nSPS) is 10.4. The molecular formula is C13H9N3O3S2. The van der Waals surface area contributed by atoms with E-state index in [1.807, 2.05) is 12.1 Å². The molecule has 1 N–H and O–H groups in total. The zero-order valence-corrected chi connectivity index (χ0v) is 12.2. The van der Waals surface area contributed by atoms with Crippen LogP contribution in [0.1, 0.15) is 4.88 Å². The Bertz CT molecular complexity index is 812. The van der Waals surface area contributed by atoms with Crippen LogP contribution in [0, 0.1) is 22.7 Å². The Balaban J connectivity index is 2.13. The Labute approximate surface area is 125 Å². The molecule has 1 heterocycles. The first-order valence-corrected chi connectivity index (χ1v) is 7.98. The highest BCUT2D eigenvalue weighted by Gasteiger charge is 2.17. The lowest BCUT2D eigenvalue weighted by atomic mass is 10.3. The van der Waals surface area contributed by atoms with Crippen LogP contribution < -0.4 is 9.46 Å². The third kappa shape index (κ3) is 3.72. The van der Waals surface area contributed by atoms with Crippen LogP contribution in [-0.4, -0.2) is 15.0 Å². The first-order valence-electron chi connectivity index (χ1n) is 5.68. The maximum atomic E-state index is 12.1. The molecule has 0 unspecified atom stereocenters. The van der Waals surface area contributed by atoms with Crippen LogP contribution in [0.3, 0.4) is 0 Å². The Hall–Kier alpha value is -2.55. The molecule has 0 radical (unpaired) electrons. The molecule has 2 rings (SSSR count). The van der Waals surface area contributed by atoms with Crippen LogP contribution in [0.4, 0.5) is 5.69 Å². The molecule has 1 aromatic carbocycles. The Kier molecular flexibility index (Phi) is 4.43. The van der Waals surface area contributed by atoms with Gasteiger partial charge in [-0.3, -0.25) is 4.72 Å². The number of nitriles is 2. The second-order valence-corrected chi connectivity index (χ2v) is 6.80. The van der Waals surface area contributed by atoms with E-state index in [-0.39, 0.29) is 10.8 Å². The summed E-state index contributed by atoms with van der Waals surface area (Å²) in [5.74, 6) is 0.474. The van der Waals surface area contributed by atoms with Gasteiger partial charge in [0.2, 0.25) is 0 Å². The minimum atomic E-state index is -3.71. The fraction of sp³-hybridized carbons (Fsp3) is 0.0769. The number of hydrogen-bond donors (Lipinski definition) is 1. The van der Waals surface area contributed by atoms with E-state index in [1.54, 1.807) is 12.1 Å². The zero-order chi connectivity index (χ0) is 15.3. The average Bonchev–Trinajstić information content (AvgIpc) is 2.96. The summed E-state index contributed by atoms with van der Waals surface area (Å²) in [6.45, 7) is -0.0722. The molecule has 0 fully saturated rings. The van der Waals surface area contributed by atoms with Crippen LogP contribution in [0.5, 0.6) is 5.75 Å². The van der Waals surface area contributed by atoms with Gasteiger partial charge in [-0.05, 0) is 36.4 Å². The van der Waals surface area contributed by atoms with E-state index >= 15 is 0 Å². The minimum Gasteiger partial charge on any atom is -0.479 e. The van der Waals surface area contributed by atoms with Gasteiger partial charge in [-0.2, -0.15) is 10.5 Å². The largest absolute Gasteiger partial charge is 0.479 e. The SMILES string of the molecule is N#CCOc1ccc(NS(=O)(=O)c2ccc(C#N)s2)cc1. The molecule has 8 heteroatoms. The van der Waals surface area contributed by atoms with Gasteiger partial charge >= 0.3 is 0 Å². The number of sulfonamides is 1. The van der Waals surface area contributed by atoms with Crippen molar-refractivity contribution in [3.8, 4) is 17.9 Å². The molecular weight excluding hydrogens is 310 g/mol. The summed E-state index contributed by atoms with van der Waals surface area (Å²) in [5, 5.41) is 17.1. The van der Waals surface area contributed by atoms with E-state index in [2.05, 4.69) is 4.72 Å². The molecule has 0 atom stereocenters. The smallest absolute Gasteiger partial charge is 0.271 e. The molecule has 0 spiro atoms. The van der Waals surface area contributed by atoms with Crippen molar-refractivity contribution in [1.82, 2.24) is 0 Å². The van der Waals surface area contributed by atoms with Crippen LogP contribution in [0.15, 0.2) is 40.6 Å². The van der Waals surface area contributed by atoms with Crippen molar-refractivity contribution in [3.05, 3.63) is 41.3 Å². The van der Waals surface area contributed by atoms with Crippen molar-refractivity contribution < 1.29 is 13.2 Å². The molecule has 0 aliphatic rings. The maximum Gasteiger partial charge on any atom is 0.271 e. The van der Waals surface area contributed by atoms with Crippen molar-refractivity contribution in [2.24, 2.45) is 0 Å². The highest BCUT2D eigenvalue weighted by Crippen LogP contribution is 2.24. The third-order valence-electron chi connectivity index (χ3n) is 2.37. The van der Waals surface area contributed by atoms with Crippen molar-refractivity contribution in [2.75, 3.05) is 11.3 Å². The summed E-state index contributed by atoms with van der Waals surface area (Å²) in [6.07, 6.45) is 0. The van der Waals surface area contributed by atoms with E-state index in [0.29, 0.717) is 16.3 Å². The minimum absolute atomic E-state index is 0.0722. The van der Waals surface area contributed by atoms with E-state index in [1.165, 1.54) is 24.3 Å². The second kappa shape index (κ2) is 6.27. The third-order valence-corrected chi connectivity index (χ3v) is 5.23. The first kappa shape index (κ1) is 14.9. The highest BCUT2D eigenvalue weighted by atomic mass is 32.2. The van der Waals surface area contributed by atoms with Crippen molar-refractivity contribution in [3.63, 3.8) is 0 Å². The molecule has 0 aliphatic heterocycles. The van der Waals surface area contributed by atoms with Gasteiger partial charge in [0, 0.05) is 5.69 Å². The first-order chi connectivity index (χ1) is 10.0. The number of nitrogens with one attached hydrogen (secondary N) is 1. The Morgan fingerprint density at radius 3 is 2.43 bits per heavy atom. The number of anilines is 1. The molecule has 0 saturated heterocycles. The van der Waals surface area contributed by atoms with Gasteiger partial charge in [0.05, 0.1) is 0 Å². The Morgan fingerprint density at radius 1 is 1.14 bits per heavy atom. The van der Waals surface area contributed by atoms with Gasteiger partial charge in [-0.15, -0.1) is 11.3 Å². The molecule has 21 heavy (non-hydrogen) atoms. The van der Waals surface area contributed by atoms with Gasteiger partial charge in [0.15, 0.2) is 6.61 Å². The average molecular weight is 319 g/mol. The molecule has 0 saturated carbocycles. The monoisotopic (exact) mass is 319 g/mol. The number of hydrogen-bond acceptors (Lipinski definition) is 6. The van der Waals surface area contributed by atoms with E-state index < -0.39 is 10.0 Å².